The lowest BCUT2D eigenvalue weighted by Crippen LogP contribution is -2.38. The maximum absolute atomic E-state index is 12.0. The first-order chi connectivity index (χ1) is 8.90. The van der Waals surface area contributed by atoms with Crippen molar-refractivity contribution in [3.8, 4) is 11.8 Å². The van der Waals surface area contributed by atoms with Gasteiger partial charge in [-0.3, -0.25) is 4.79 Å². The van der Waals surface area contributed by atoms with E-state index in [2.05, 4.69) is 17.2 Å². The number of benzene rings is 1. The van der Waals surface area contributed by atoms with E-state index in [-0.39, 0.29) is 12.5 Å². The van der Waals surface area contributed by atoms with Gasteiger partial charge in [-0.2, -0.15) is 0 Å². The van der Waals surface area contributed by atoms with Gasteiger partial charge >= 0.3 is 0 Å². The van der Waals surface area contributed by atoms with E-state index in [1.807, 2.05) is 0 Å². The molecule has 0 saturated carbocycles. The summed E-state index contributed by atoms with van der Waals surface area (Å²) in [6.45, 7) is 3.63. The number of hydrogen-bond donors (Lipinski definition) is 2. The van der Waals surface area contributed by atoms with Crippen LogP contribution in [0.1, 0.15) is 19.4 Å². The molecule has 0 aromatic heterocycles. The summed E-state index contributed by atoms with van der Waals surface area (Å²) in [5.41, 5.74) is 5.62. The highest BCUT2D eigenvalue weighted by molar-refractivity contribution is 6.33. The second-order valence-corrected chi connectivity index (χ2v) is 4.78. The number of rotatable bonds is 3. The average Bonchev–Trinajstić information content (AvgIpc) is 2.39. The van der Waals surface area contributed by atoms with Crippen molar-refractivity contribution in [1.82, 2.24) is 0 Å². The van der Waals surface area contributed by atoms with Crippen LogP contribution in [0.5, 0.6) is 0 Å². The third kappa shape index (κ3) is 4.25. The molecule has 19 heavy (non-hydrogen) atoms. The van der Waals surface area contributed by atoms with Crippen LogP contribution in [-0.4, -0.2) is 25.2 Å². The van der Waals surface area contributed by atoms with Gasteiger partial charge in [-0.25, -0.2) is 0 Å². The van der Waals surface area contributed by atoms with Gasteiger partial charge in [0.25, 0.3) is 5.91 Å². The fraction of sp³-hybridized carbons (Fsp3) is 0.357. The Kier molecular flexibility index (Phi) is 5.37. The van der Waals surface area contributed by atoms with Gasteiger partial charge in [0.15, 0.2) is 0 Å². The third-order valence-corrected chi connectivity index (χ3v) is 2.94. The molecule has 0 bridgehead atoms. The van der Waals surface area contributed by atoms with Gasteiger partial charge in [-0.1, -0.05) is 23.4 Å². The van der Waals surface area contributed by atoms with Crippen LogP contribution in [0.25, 0.3) is 0 Å². The molecule has 0 fully saturated rings. The topological polar surface area (TPSA) is 64.3 Å². The lowest BCUT2D eigenvalue weighted by Gasteiger charge is -2.22. The summed E-state index contributed by atoms with van der Waals surface area (Å²) in [5, 5.41) is 3.17. The molecule has 5 heteroatoms. The second kappa shape index (κ2) is 6.58. The van der Waals surface area contributed by atoms with Gasteiger partial charge < -0.3 is 15.8 Å². The van der Waals surface area contributed by atoms with Crippen molar-refractivity contribution in [2.24, 2.45) is 5.73 Å². The Hall–Kier alpha value is -1.54. The number of nitrogens with one attached hydrogen (secondary N) is 1. The van der Waals surface area contributed by atoms with E-state index < -0.39 is 5.60 Å². The van der Waals surface area contributed by atoms with Gasteiger partial charge in [0.2, 0.25) is 0 Å². The van der Waals surface area contributed by atoms with Gasteiger partial charge in [0, 0.05) is 12.7 Å². The third-order valence-electron chi connectivity index (χ3n) is 2.61. The van der Waals surface area contributed by atoms with E-state index in [4.69, 9.17) is 22.1 Å². The molecule has 0 heterocycles. The fourth-order valence-corrected chi connectivity index (χ4v) is 1.38. The minimum Gasteiger partial charge on any atom is -0.369 e. The number of hydrogen-bond acceptors (Lipinski definition) is 3. The number of carbonyl (C=O) groups excluding carboxylic acids is 1. The van der Waals surface area contributed by atoms with E-state index in [0.717, 1.165) is 5.56 Å². The van der Waals surface area contributed by atoms with Crippen LogP contribution in [-0.2, 0) is 9.53 Å². The molecule has 3 N–H and O–H groups in total. The Morgan fingerprint density at radius 1 is 1.53 bits per heavy atom. The molecule has 0 aliphatic carbocycles. The number of halogens is 1. The quantitative estimate of drug-likeness (QED) is 0.833. The molecule has 0 radical (unpaired) electrons. The predicted octanol–water partition coefficient (Wildman–Crippen LogP) is 2.01. The summed E-state index contributed by atoms with van der Waals surface area (Å²) < 4.78 is 5.11. The molecule has 4 nitrogen and oxygen atoms in total. The lowest BCUT2D eigenvalue weighted by molar-refractivity contribution is -0.133. The number of ether oxygens (including phenoxy) is 1. The van der Waals surface area contributed by atoms with Crippen molar-refractivity contribution in [3.05, 3.63) is 28.8 Å². The van der Waals surface area contributed by atoms with Crippen LogP contribution in [0, 0.1) is 11.8 Å². The fourth-order valence-electron chi connectivity index (χ4n) is 1.22. The van der Waals surface area contributed by atoms with E-state index in [1.165, 1.54) is 7.11 Å². The van der Waals surface area contributed by atoms with Gasteiger partial charge in [-0.05, 0) is 32.0 Å². The summed E-state index contributed by atoms with van der Waals surface area (Å²) in [5.74, 6) is 5.35. The Balaban J connectivity index is 2.98. The van der Waals surface area contributed by atoms with Crippen molar-refractivity contribution < 1.29 is 9.53 Å². The Morgan fingerprint density at radius 3 is 2.79 bits per heavy atom. The minimum atomic E-state index is -0.928. The van der Waals surface area contributed by atoms with Crippen LogP contribution in [0.3, 0.4) is 0 Å². The Bertz CT molecular complexity index is 530. The molecular formula is C14H17ClN2O2. The SMILES string of the molecule is COC(C)(C)C(=O)Nc1cc(C#CCN)ccc1Cl. The summed E-state index contributed by atoms with van der Waals surface area (Å²) in [6.07, 6.45) is 0. The van der Waals surface area contributed by atoms with Crippen molar-refractivity contribution >= 4 is 23.2 Å². The first-order valence-corrected chi connectivity index (χ1v) is 6.13. The Labute approximate surface area is 118 Å². The molecule has 0 spiro atoms. The zero-order valence-corrected chi connectivity index (χ0v) is 12.0. The van der Waals surface area contributed by atoms with Gasteiger partial charge in [-0.15, -0.1) is 0 Å². The monoisotopic (exact) mass is 280 g/mol. The molecule has 0 aliphatic rings. The van der Waals surface area contributed by atoms with Gasteiger partial charge in [0.05, 0.1) is 17.3 Å². The van der Waals surface area contributed by atoms with Crippen LogP contribution in [0.2, 0.25) is 5.02 Å². The number of methoxy groups -OCH3 is 1. The largest absolute Gasteiger partial charge is 0.369 e. The van der Waals surface area contributed by atoms with Crippen molar-refractivity contribution in [2.45, 2.75) is 19.4 Å². The summed E-state index contributed by atoms with van der Waals surface area (Å²) in [7, 11) is 1.48. The van der Waals surface area contributed by atoms with E-state index in [0.29, 0.717) is 10.7 Å². The Morgan fingerprint density at radius 2 is 2.21 bits per heavy atom. The predicted molar refractivity (Wildman–Crippen MR) is 77.1 cm³/mol. The number of nitrogens with two attached hydrogens (primary N) is 1. The number of anilines is 1. The molecule has 1 aromatic carbocycles. The van der Waals surface area contributed by atoms with E-state index in [1.54, 1.807) is 32.0 Å². The first-order valence-electron chi connectivity index (χ1n) is 5.76. The molecule has 102 valence electrons. The number of amides is 1. The highest BCUT2D eigenvalue weighted by atomic mass is 35.5. The van der Waals surface area contributed by atoms with E-state index >= 15 is 0 Å². The maximum atomic E-state index is 12.0. The number of carbonyl (C=O) groups is 1. The van der Waals surface area contributed by atoms with Crippen LogP contribution >= 0.6 is 11.6 Å². The summed E-state index contributed by atoms with van der Waals surface area (Å²) >= 11 is 6.04. The molecule has 0 atom stereocenters. The molecule has 0 unspecified atom stereocenters. The molecule has 0 aliphatic heterocycles. The molecule has 1 aromatic rings. The van der Waals surface area contributed by atoms with Crippen molar-refractivity contribution in [3.63, 3.8) is 0 Å². The average molecular weight is 281 g/mol. The molecule has 1 rings (SSSR count). The smallest absolute Gasteiger partial charge is 0.256 e. The zero-order valence-electron chi connectivity index (χ0n) is 11.2. The van der Waals surface area contributed by atoms with Crippen LogP contribution in [0.15, 0.2) is 18.2 Å². The molecular weight excluding hydrogens is 264 g/mol. The van der Waals surface area contributed by atoms with Gasteiger partial charge in [0.1, 0.15) is 5.60 Å². The van der Waals surface area contributed by atoms with Crippen molar-refractivity contribution in [2.75, 3.05) is 19.0 Å². The zero-order chi connectivity index (χ0) is 14.5. The highest BCUT2D eigenvalue weighted by Crippen LogP contribution is 2.24. The van der Waals surface area contributed by atoms with Crippen molar-refractivity contribution in [1.29, 1.82) is 0 Å². The minimum absolute atomic E-state index is 0.277. The normalized spacial score (nSPS) is 10.6. The highest BCUT2D eigenvalue weighted by Gasteiger charge is 2.27. The van der Waals surface area contributed by atoms with Crippen LogP contribution < -0.4 is 11.1 Å². The standard InChI is InChI=1S/C14H17ClN2O2/c1-14(2,19-3)13(18)17-12-9-10(5-4-8-16)6-7-11(12)15/h6-7,9H,8,16H2,1-3H3,(H,17,18). The van der Waals surface area contributed by atoms with Crippen LogP contribution in [0.4, 0.5) is 5.69 Å². The second-order valence-electron chi connectivity index (χ2n) is 4.37. The molecule has 0 saturated heterocycles. The summed E-state index contributed by atoms with van der Waals surface area (Å²) in [4.78, 5) is 12.0. The molecule has 1 amide bonds. The first kappa shape index (κ1) is 15.5. The summed E-state index contributed by atoms with van der Waals surface area (Å²) in [6, 6.07) is 5.15. The lowest BCUT2D eigenvalue weighted by atomic mass is 10.1. The maximum Gasteiger partial charge on any atom is 0.256 e. The van der Waals surface area contributed by atoms with E-state index in [9.17, 15) is 4.79 Å².